The smallest absolute Gasteiger partial charge is 0.115 e. The first kappa shape index (κ1) is 6.51. The maximum Gasteiger partial charge on any atom is 0.115 e. The van der Waals surface area contributed by atoms with Gasteiger partial charge >= 0.3 is 0 Å². The van der Waals surface area contributed by atoms with Gasteiger partial charge in [0.05, 0.1) is 0 Å². The van der Waals surface area contributed by atoms with Gasteiger partial charge in [-0.25, -0.2) is 9.97 Å². The molecule has 0 fully saturated rings. The summed E-state index contributed by atoms with van der Waals surface area (Å²) in [6.07, 6.45) is 4.88. The molecular weight excluding hydrogens is 107 g/mol. The van der Waals surface area contributed by atoms with E-state index in [-0.39, 0.29) is 9.90 Å². The van der Waals surface area contributed by atoms with Gasteiger partial charge in [0.2, 0.25) is 0 Å². The molecule has 0 saturated heterocycles. The van der Waals surface area contributed by atoms with E-state index >= 15 is 0 Å². The Balaban J connectivity index is 0.000000360. The van der Waals surface area contributed by atoms with E-state index < -0.39 is 0 Å². The molecule has 1 heterocycles. The predicted molar refractivity (Wildman–Crippen MR) is 33.1 cm³/mol. The Hall–Kier alpha value is -0.490. The summed E-state index contributed by atoms with van der Waals surface area (Å²) in [7, 11) is 0. The number of nitrogens with zero attached hydrogens (tertiary/aromatic N) is 2. The summed E-state index contributed by atoms with van der Waals surface area (Å²) in [5, 5.41) is 0. The Kier molecular flexibility index (Phi) is 3.43. The first-order valence-corrected chi connectivity index (χ1v) is 1.70. The van der Waals surface area contributed by atoms with Crippen molar-refractivity contribution in [1.29, 1.82) is 0 Å². The highest BCUT2D eigenvalue weighted by atomic mass is 31.0. The second-order valence-electron chi connectivity index (χ2n) is 0.904. The number of hydrogen-bond donors (Lipinski definition) is 0. The monoisotopic (exact) mass is 114 g/mol. The van der Waals surface area contributed by atoms with Crippen LogP contribution in [0, 0.1) is 0 Å². The molecule has 0 aliphatic carbocycles. The standard InChI is InChI=1S/C4H4N2.H3P/c1-2-5-4-6-3-1;/h1-4H;1H3. The van der Waals surface area contributed by atoms with E-state index in [0.717, 1.165) is 0 Å². The SMILES string of the molecule is P.c1cncnc1. The quantitative estimate of drug-likeness (QED) is 0.460. The maximum absolute atomic E-state index is 3.67. The summed E-state index contributed by atoms with van der Waals surface area (Å²) in [5.41, 5.74) is 0. The lowest BCUT2D eigenvalue weighted by atomic mass is 10.7. The van der Waals surface area contributed by atoms with Gasteiger partial charge in [-0.2, -0.15) is 9.90 Å². The molecule has 1 aromatic rings. The summed E-state index contributed by atoms with van der Waals surface area (Å²) in [6, 6.07) is 1.78. The highest BCUT2D eigenvalue weighted by Gasteiger charge is 1.59. The van der Waals surface area contributed by atoms with E-state index in [2.05, 4.69) is 9.97 Å². The Morgan fingerprint density at radius 1 is 1.00 bits per heavy atom. The van der Waals surface area contributed by atoms with Gasteiger partial charge in [-0.1, -0.05) is 0 Å². The van der Waals surface area contributed by atoms with E-state index in [4.69, 9.17) is 0 Å². The highest BCUT2D eigenvalue weighted by Crippen LogP contribution is 1.66. The van der Waals surface area contributed by atoms with Crippen molar-refractivity contribution in [3.05, 3.63) is 24.8 Å². The molecule has 0 amide bonds. The molecule has 2 nitrogen and oxygen atoms in total. The molecule has 3 heteroatoms. The van der Waals surface area contributed by atoms with Crippen molar-refractivity contribution in [2.75, 3.05) is 0 Å². The molecular formula is C4H7N2P. The second-order valence-corrected chi connectivity index (χ2v) is 0.904. The van der Waals surface area contributed by atoms with Crippen LogP contribution in [0.4, 0.5) is 0 Å². The Bertz CT molecular complexity index is 81.6. The maximum atomic E-state index is 3.67. The average Bonchev–Trinajstić information content (AvgIpc) is 1.72. The number of rotatable bonds is 0. The van der Waals surface area contributed by atoms with Crippen LogP contribution >= 0.6 is 9.90 Å². The van der Waals surface area contributed by atoms with E-state index in [0.29, 0.717) is 0 Å². The number of hydrogen-bond acceptors (Lipinski definition) is 2. The van der Waals surface area contributed by atoms with Gasteiger partial charge in [-0.05, 0) is 6.07 Å². The molecule has 0 radical (unpaired) electrons. The van der Waals surface area contributed by atoms with Crippen LogP contribution in [0.3, 0.4) is 0 Å². The van der Waals surface area contributed by atoms with Crippen LogP contribution in [0.25, 0.3) is 0 Å². The normalized spacial score (nSPS) is 6.86. The molecule has 0 saturated carbocycles. The van der Waals surface area contributed by atoms with Gasteiger partial charge in [-0.3, -0.25) is 0 Å². The molecule has 1 rings (SSSR count). The number of aromatic nitrogens is 2. The van der Waals surface area contributed by atoms with Crippen LogP contribution in [0.5, 0.6) is 0 Å². The summed E-state index contributed by atoms with van der Waals surface area (Å²) >= 11 is 0. The molecule has 1 aromatic heterocycles. The fraction of sp³-hybridized carbons (Fsp3) is 0. The largest absolute Gasteiger partial charge is 0.245 e. The van der Waals surface area contributed by atoms with Crippen molar-refractivity contribution in [3.63, 3.8) is 0 Å². The van der Waals surface area contributed by atoms with Crippen molar-refractivity contribution in [2.24, 2.45) is 0 Å². The van der Waals surface area contributed by atoms with Crippen LogP contribution in [0.1, 0.15) is 0 Å². The Morgan fingerprint density at radius 2 is 1.57 bits per heavy atom. The van der Waals surface area contributed by atoms with Crippen molar-refractivity contribution in [3.8, 4) is 0 Å². The molecule has 0 N–H and O–H groups in total. The molecule has 7 heavy (non-hydrogen) atoms. The third-order valence-corrected chi connectivity index (χ3v) is 0.478. The molecule has 0 bridgehead atoms. The van der Waals surface area contributed by atoms with E-state index in [1.807, 2.05) is 0 Å². The lowest BCUT2D eigenvalue weighted by Crippen LogP contribution is -1.66. The first-order valence-electron chi connectivity index (χ1n) is 1.70. The first-order chi connectivity index (χ1) is 3.00. The van der Waals surface area contributed by atoms with E-state index in [1.165, 1.54) is 6.33 Å². The lowest BCUT2D eigenvalue weighted by Gasteiger charge is -1.70. The van der Waals surface area contributed by atoms with Crippen LogP contribution in [-0.2, 0) is 0 Å². The van der Waals surface area contributed by atoms with Gasteiger partial charge < -0.3 is 0 Å². The molecule has 0 aliphatic heterocycles. The molecule has 0 aliphatic rings. The van der Waals surface area contributed by atoms with Gasteiger partial charge in [0.1, 0.15) is 6.33 Å². The summed E-state index contributed by atoms with van der Waals surface area (Å²) in [4.78, 5) is 7.35. The minimum absolute atomic E-state index is 0. The summed E-state index contributed by atoms with van der Waals surface area (Å²) < 4.78 is 0. The summed E-state index contributed by atoms with van der Waals surface area (Å²) in [5.74, 6) is 0. The lowest BCUT2D eigenvalue weighted by molar-refractivity contribution is 1.17. The van der Waals surface area contributed by atoms with Crippen molar-refractivity contribution in [2.45, 2.75) is 0 Å². The molecule has 0 aromatic carbocycles. The fourth-order valence-electron chi connectivity index (χ4n) is 0.253. The van der Waals surface area contributed by atoms with E-state index in [9.17, 15) is 0 Å². The molecule has 1 unspecified atom stereocenters. The zero-order valence-electron chi connectivity index (χ0n) is 3.91. The van der Waals surface area contributed by atoms with Crippen LogP contribution < -0.4 is 0 Å². The Labute approximate surface area is 45.6 Å². The van der Waals surface area contributed by atoms with Crippen molar-refractivity contribution in [1.82, 2.24) is 9.97 Å². The third kappa shape index (κ3) is 2.24. The molecule has 1 atom stereocenters. The third-order valence-electron chi connectivity index (χ3n) is 0.478. The fourth-order valence-corrected chi connectivity index (χ4v) is 0.253. The second kappa shape index (κ2) is 3.69. The Morgan fingerprint density at radius 3 is 1.71 bits per heavy atom. The average molecular weight is 114 g/mol. The minimum atomic E-state index is 0. The topological polar surface area (TPSA) is 25.8 Å². The van der Waals surface area contributed by atoms with E-state index in [1.54, 1.807) is 18.5 Å². The predicted octanol–water partition coefficient (Wildman–Crippen LogP) is 0.535. The molecule has 38 valence electrons. The van der Waals surface area contributed by atoms with Gasteiger partial charge in [0, 0.05) is 12.4 Å². The molecule has 0 spiro atoms. The van der Waals surface area contributed by atoms with Crippen molar-refractivity contribution >= 4 is 9.90 Å². The zero-order chi connectivity index (χ0) is 4.24. The van der Waals surface area contributed by atoms with Crippen molar-refractivity contribution < 1.29 is 0 Å². The van der Waals surface area contributed by atoms with Gasteiger partial charge in [-0.15, -0.1) is 0 Å². The zero-order valence-corrected chi connectivity index (χ0v) is 5.33. The van der Waals surface area contributed by atoms with Gasteiger partial charge in [0.25, 0.3) is 0 Å². The summed E-state index contributed by atoms with van der Waals surface area (Å²) in [6.45, 7) is 0. The highest BCUT2D eigenvalue weighted by molar-refractivity contribution is 6.92. The van der Waals surface area contributed by atoms with Crippen LogP contribution in [-0.4, -0.2) is 9.97 Å². The van der Waals surface area contributed by atoms with Crippen LogP contribution in [0.2, 0.25) is 0 Å². The van der Waals surface area contributed by atoms with Crippen LogP contribution in [0.15, 0.2) is 24.8 Å². The van der Waals surface area contributed by atoms with Gasteiger partial charge in [0.15, 0.2) is 0 Å². The minimum Gasteiger partial charge on any atom is -0.245 e.